The molecule has 0 fully saturated rings. The number of thiazole rings is 1. The zero-order valence-electron chi connectivity index (χ0n) is 13.4. The lowest BCUT2D eigenvalue weighted by atomic mass is 10.0. The molecular formula is C17H19N3O2S. The number of phenolic OH excluding ortho intramolecular Hbond substituents is 1. The highest BCUT2D eigenvalue weighted by molar-refractivity contribution is 7.09. The number of ether oxygens (including phenoxy) is 1. The maximum atomic E-state index is 10.6. The minimum Gasteiger partial charge on any atom is -0.507 e. The molecule has 6 heteroatoms. The molecule has 0 unspecified atom stereocenters. The quantitative estimate of drug-likeness (QED) is 0.731. The van der Waals surface area contributed by atoms with Crippen molar-refractivity contribution in [2.45, 2.75) is 27.2 Å². The maximum Gasteiger partial charge on any atom is 0.131 e. The molecule has 120 valence electrons. The number of nitrogens with zero attached hydrogens (tertiary/aromatic N) is 2. The summed E-state index contributed by atoms with van der Waals surface area (Å²) in [4.78, 5) is 4.50. The van der Waals surface area contributed by atoms with Crippen molar-refractivity contribution in [2.24, 2.45) is 0 Å². The van der Waals surface area contributed by atoms with Gasteiger partial charge in [0.05, 0.1) is 29.2 Å². The second-order valence-corrected chi connectivity index (χ2v) is 6.41. The predicted octanol–water partition coefficient (Wildman–Crippen LogP) is 4.31. The lowest BCUT2D eigenvalue weighted by Crippen LogP contribution is -1.97. The van der Waals surface area contributed by atoms with E-state index >= 15 is 0 Å². The van der Waals surface area contributed by atoms with Crippen molar-refractivity contribution in [2.75, 3.05) is 6.61 Å². The molecule has 0 aliphatic carbocycles. The largest absolute Gasteiger partial charge is 0.507 e. The third-order valence-corrected chi connectivity index (χ3v) is 4.42. The normalized spacial score (nSPS) is 10.9. The van der Waals surface area contributed by atoms with Crippen LogP contribution in [-0.4, -0.2) is 26.9 Å². The van der Waals surface area contributed by atoms with Crippen LogP contribution >= 0.6 is 11.3 Å². The molecule has 0 radical (unpaired) electrons. The Morgan fingerprint density at radius 1 is 1.26 bits per heavy atom. The topological polar surface area (TPSA) is 71.0 Å². The fourth-order valence-corrected chi connectivity index (χ4v) is 3.04. The number of H-pyrrole nitrogens is 1. The Morgan fingerprint density at radius 2 is 2.09 bits per heavy atom. The van der Waals surface area contributed by atoms with E-state index in [-0.39, 0.29) is 5.75 Å². The Balaban J connectivity index is 2.03. The second-order valence-electron chi connectivity index (χ2n) is 5.34. The summed E-state index contributed by atoms with van der Waals surface area (Å²) in [7, 11) is 0. The van der Waals surface area contributed by atoms with Crippen molar-refractivity contribution in [1.29, 1.82) is 0 Å². The third kappa shape index (κ3) is 2.94. The highest BCUT2D eigenvalue weighted by atomic mass is 32.1. The van der Waals surface area contributed by atoms with Crippen LogP contribution < -0.4 is 4.74 Å². The predicted molar refractivity (Wildman–Crippen MR) is 92.1 cm³/mol. The highest BCUT2D eigenvalue weighted by Crippen LogP contribution is 2.40. The number of aromatic amines is 1. The van der Waals surface area contributed by atoms with Gasteiger partial charge in [-0.25, -0.2) is 4.98 Å². The molecule has 0 bridgehead atoms. The first kappa shape index (κ1) is 15.6. The van der Waals surface area contributed by atoms with Crippen molar-refractivity contribution >= 4 is 11.3 Å². The average molecular weight is 329 g/mol. The van der Waals surface area contributed by atoms with Crippen molar-refractivity contribution in [3.05, 3.63) is 34.3 Å². The summed E-state index contributed by atoms with van der Waals surface area (Å²) >= 11 is 1.59. The van der Waals surface area contributed by atoms with E-state index in [1.165, 1.54) is 0 Å². The van der Waals surface area contributed by atoms with Gasteiger partial charge < -0.3 is 9.84 Å². The minimum atomic E-state index is 0.205. The van der Waals surface area contributed by atoms with Gasteiger partial charge >= 0.3 is 0 Å². The Labute approximate surface area is 139 Å². The first-order valence-electron chi connectivity index (χ1n) is 7.53. The Morgan fingerprint density at radius 3 is 2.78 bits per heavy atom. The molecule has 0 saturated heterocycles. The molecule has 0 spiro atoms. The Hall–Kier alpha value is -2.34. The molecule has 0 saturated carbocycles. The summed E-state index contributed by atoms with van der Waals surface area (Å²) in [6.45, 7) is 6.51. The van der Waals surface area contributed by atoms with Crippen LogP contribution in [0.3, 0.4) is 0 Å². The summed E-state index contributed by atoms with van der Waals surface area (Å²) in [6.07, 6.45) is 2.66. The summed E-state index contributed by atoms with van der Waals surface area (Å²) < 4.78 is 5.66. The molecule has 2 N–H and O–H groups in total. The van der Waals surface area contributed by atoms with Gasteiger partial charge in [0.2, 0.25) is 0 Å². The summed E-state index contributed by atoms with van der Waals surface area (Å²) in [5.74, 6) is 0.912. The lowest BCUT2D eigenvalue weighted by Gasteiger charge is -2.12. The number of hydrogen-bond donors (Lipinski definition) is 2. The number of rotatable bonds is 5. The van der Waals surface area contributed by atoms with Crippen molar-refractivity contribution < 1.29 is 9.84 Å². The van der Waals surface area contributed by atoms with E-state index in [1.807, 2.05) is 31.4 Å². The molecule has 0 amide bonds. The smallest absolute Gasteiger partial charge is 0.131 e. The molecule has 3 rings (SSSR count). The number of nitrogens with one attached hydrogen (secondary N) is 1. The van der Waals surface area contributed by atoms with E-state index in [2.05, 4.69) is 22.1 Å². The number of phenols is 1. The zero-order valence-corrected chi connectivity index (χ0v) is 14.2. The summed E-state index contributed by atoms with van der Waals surface area (Å²) in [6, 6.07) is 3.74. The second kappa shape index (κ2) is 6.42. The zero-order chi connectivity index (χ0) is 16.4. The SMILES string of the molecule is CCCOc1ccc(-c2[nH]ncc2-c2csc(C)n2)c(O)c1C. The van der Waals surface area contributed by atoms with Gasteiger partial charge in [-0.3, -0.25) is 5.10 Å². The van der Waals surface area contributed by atoms with E-state index < -0.39 is 0 Å². The van der Waals surface area contributed by atoms with Crippen molar-refractivity contribution in [3.63, 3.8) is 0 Å². The van der Waals surface area contributed by atoms with Crippen molar-refractivity contribution in [1.82, 2.24) is 15.2 Å². The van der Waals surface area contributed by atoms with Gasteiger partial charge in [0.15, 0.2) is 0 Å². The molecule has 0 aliphatic rings. The number of hydrogen-bond acceptors (Lipinski definition) is 5. The van der Waals surface area contributed by atoms with Crippen LogP contribution in [0.2, 0.25) is 0 Å². The number of aryl methyl sites for hydroxylation is 1. The van der Waals surface area contributed by atoms with Gasteiger partial charge in [-0.15, -0.1) is 11.3 Å². The number of benzene rings is 1. The van der Waals surface area contributed by atoms with Gasteiger partial charge in [-0.1, -0.05) is 6.92 Å². The first-order chi connectivity index (χ1) is 11.1. The van der Waals surface area contributed by atoms with Gasteiger partial charge in [0.25, 0.3) is 0 Å². The molecule has 5 nitrogen and oxygen atoms in total. The van der Waals surface area contributed by atoms with Crippen LogP contribution in [0.5, 0.6) is 11.5 Å². The highest BCUT2D eigenvalue weighted by Gasteiger charge is 2.18. The van der Waals surface area contributed by atoms with Gasteiger partial charge in [-0.2, -0.15) is 5.10 Å². The van der Waals surface area contributed by atoms with Crippen LogP contribution in [0, 0.1) is 13.8 Å². The Kier molecular flexibility index (Phi) is 4.34. The van der Waals surface area contributed by atoms with Crippen LogP contribution in [0.4, 0.5) is 0 Å². The molecular weight excluding hydrogens is 310 g/mol. The fraction of sp³-hybridized carbons (Fsp3) is 0.294. The monoisotopic (exact) mass is 329 g/mol. The van der Waals surface area contributed by atoms with Crippen LogP contribution in [0.25, 0.3) is 22.5 Å². The van der Waals surface area contributed by atoms with Crippen LogP contribution in [-0.2, 0) is 0 Å². The molecule has 3 aromatic rings. The van der Waals surface area contributed by atoms with E-state index in [0.29, 0.717) is 17.9 Å². The third-order valence-electron chi connectivity index (χ3n) is 3.65. The number of aromatic nitrogens is 3. The standard InChI is InChI=1S/C17H19N3O2S/c1-4-7-22-15-6-5-12(17(21)10(15)2)16-13(8-18-20-16)14-9-23-11(3)19-14/h5-6,8-9,21H,4,7H2,1-3H3,(H,18,20). The van der Waals surface area contributed by atoms with E-state index in [0.717, 1.165) is 33.9 Å². The lowest BCUT2D eigenvalue weighted by molar-refractivity contribution is 0.313. The van der Waals surface area contributed by atoms with Gasteiger partial charge in [0, 0.05) is 22.1 Å². The molecule has 2 aromatic heterocycles. The van der Waals surface area contributed by atoms with E-state index in [4.69, 9.17) is 4.74 Å². The molecule has 23 heavy (non-hydrogen) atoms. The van der Waals surface area contributed by atoms with Crippen LogP contribution in [0.15, 0.2) is 23.7 Å². The van der Waals surface area contributed by atoms with Crippen molar-refractivity contribution in [3.8, 4) is 34.0 Å². The Bertz CT molecular complexity index is 823. The van der Waals surface area contributed by atoms with Gasteiger partial charge in [0.1, 0.15) is 11.5 Å². The average Bonchev–Trinajstić information content (AvgIpc) is 3.17. The summed E-state index contributed by atoms with van der Waals surface area (Å²) in [5, 5.41) is 20.7. The molecule has 0 atom stereocenters. The van der Waals surface area contributed by atoms with E-state index in [1.54, 1.807) is 17.5 Å². The molecule has 2 heterocycles. The first-order valence-corrected chi connectivity index (χ1v) is 8.41. The molecule has 0 aliphatic heterocycles. The minimum absolute atomic E-state index is 0.205. The maximum absolute atomic E-state index is 10.6. The fourth-order valence-electron chi connectivity index (χ4n) is 2.42. The number of aromatic hydroxyl groups is 1. The molecule has 1 aromatic carbocycles. The van der Waals surface area contributed by atoms with Gasteiger partial charge in [-0.05, 0) is 32.4 Å². The van der Waals surface area contributed by atoms with Crippen LogP contribution in [0.1, 0.15) is 23.9 Å². The summed E-state index contributed by atoms with van der Waals surface area (Å²) in [5.41, 5.74) is 3.93. The van der Waals surface area contributed by atoms with E-state index in [9.17, 15) is 5.11 Å².